The zero-order valence-electron chi connectivity index (χ0n) is 7.42. The molecule has 82 valence electrons. The van der Waals surface area contributed by atoms with Crippen molar-refractivity contribution in [2.75, 3.05) is 0 Å². The number of aliphatic hydroxyl groups is 1. The number of hydrogen-bond donors (Lipinski definition) is 2. The largest absolute Gasteiger partial charge is 0.392 e. The molecule has 1 heterocycles. The molecule has 15 heavy (non-hydrogen) atoms. The first kappa shape index (κ1) is 11.0. The Morgan fingerprint density at radius 2 is 2.27 bits per heavy atom. The van der Waals surface area contributed by atoms with Crippen LogP contribution < -0.4 is 4.72 Å². The van der Waals surface area contributed by atoms with Gasteiger partial charge < -0.3 is 5.11 Å². The summed E-state index contributed by atoms with van der Waals surface area (Å²) in [5.41, 5.74) is 0.275. The molecule has 1 aromatic carbocycles. The van der Waals surface area contributed by atoms with Crippen LogP contribution in [-0.4, -0.2) is 13.5 Å². The zero-order chi connectivity index (χ0) is 11.2. The van der Waals surface area contributed by atoms with E-state index in [1.807, 2.05) is 0 Å². The smallest absolute Gasteiger partial charge is 0.241 e. The summed E-state index contributed by atoms with van der Waals surface area (Å²) in [5.74, 6) is -0.601. The maximum absolute atomic E-state index is 13.5. The van der Waals surface area contributed by atoms with Crippen molar-refractivity contribution < 1.29 is 17.9 Å². The Labute approximate surface area is 94.3 Å². The molecule has 4 nitrogen and oxygen atoms in total. The Bertz CT molecular complexity index is 529. The average molecular weight is 296 g/mol. The highest BCUT2D eigenvalue weighted by molar-refractivity contribution is 9.10. The molecule has 2 rings (SSSR count). The van der Waals surface area contributed by atoms with E-state index in [-0.39, 0.29) is 27.0 Å². The summed E-state index contributed by atoms with van der Waals surface area (Å²) in [6.07, 6.45) is 0. The highest BCUT2D eigenvalue weighted by Gasteiger charge is 2.32. The molecule has 1 aliphatic heterocycles. The zero-order valence-corrected chi connectivity index (χ0v) is 9.82. The lowest BCUT2D eigenvalue weighted by Crippen LogP contribution is -2.15. The van der Waals surface area contributed by atoms with Crippen LogP contribution in [0.4, 0.5) is 4.39 Å². The van der Waals surface area contributed by atoms with Gasteiger partial charge in [-0.3, -0.25) is 0 Å². The van der Waals surface area contributed by atoms with Crippen LogP contribution in [0, 0.1) is 5.82 Å². The second-order valence-electron chi connectivity index (χ2n) is 3.12. The highest BCUT2D eigenvalue weighted by Crippen LogP contribution is 2.33. The molecule has 0 atom stereocenters. The summed E-state index contributed by atoms with van der Waals surface area (Å²) in [6.45, 7) is -0.516. The number of nitrogens with one attached hydrogen (secondary N) is 1. The van der Waals surface area contributed by atoms with E-state index >= 15 is 0 Å². The lowest BCUT2D eigenvalue weighted by molar-refractivity contribution is 0.278. The number of sulfonamides is 1. The minimum atomic E-state index is -3.66. The Hall–Kier alpha value is -0.500. The number of fused-ring (bicyclic) bond motifs is 1. The van der Waals surface area contributed by atoms with Gasteiger partial charge in [-0.25, -0.2) is 17.5 Å². The van der Waals surface area contributed by atoms with Crippen LogP contribution in [0.15, 0.2) is 15.4 Å². The van der Waals surface area contributed by atoms with Crippen molar-refractivity contribution in [1.29, 1.82) is 0 Å². The summed E-state index contributed by atoms with van der Waals surface area (Å²) < 4.78 is 38.9. The molecule has 7 heteroatoms. The minimum absolute atomic E-state index is 0.0735. The number of aliphatic hydroxyl groups excluding tert-OH is 1. The molecule has 0 fully saturated rings. The summed E-state index contributed by atoms with van der Waals surface area (Å²) in [6, 6.07) is 1.28. The van der Waals surface area contributed by atoms with Crippen LogP contribution in [0.5, 0.6) is 0 Å². The number of rotatable bonds is 1. The Balaban J connectivity index is 2.84. The Morgan fingerprint density at radius 1 is 1.60 bits per heavy atom. The third kappa shape index (κ3) is 1.59. The Kier molecular flexibility index (Phi) is 2.58. The standard InChI is InChI=1S/C8H7BrFNO3S/c9-6-1-4(3-12)8-5(7(6)10)2-11-15(8,13)14/h1,11-12H,2-3H2. The van der Waals surface area contributed by atoms with E-state index in [1.54, 1.807) is 0 Å². The van der Waals surface area contributed by atoms with Crippen molar-refractivity contribution in [3.8, 4) is 0 Å². The van der Waals surface area contributed by atoms with E-state index in [9.17, 15) is 12.8 Å². The lowest BCUT2D eigenvalue weighted by Gasteiger charge is -2.06. The first-order valence-electron chi connectivity index (χ1n) is 4.07. The molecule has 0 aliphatic carbocycles. The van der Waals surface area contributed by atoms with Crippen molar-refractivity contribution in [2.45, 2.75) is 18.0 Å². The van der Waals surface area contributed by atoms with E-state index in [2.05, 4.69) is 20.7 Å². The van der Waals surface area contributed by atoms with E-state index in [0.717, 1.165) is 0 Å². The van der Waals surface area contributed by atoms with Crippen LogP contribution >= 0.6 is 15.9 Å². The van der Waals surface area contributed by atoms with Gasteiger partial charge in [-0.2, -0.15) is 0 Å². The lowest BCUT2D eigenvalue weighted by atomic mass is 10.1. The van der Waals surface area contributed by atoms with E-state index in [0.29, 0.717) is 0 Å². The topological polar surface area (TPSA) is 66.4 Å². The maximum atomic E-state index is 13.5. The first-order chi connectivity index (χ1) is 6.97. The Morgan fingerprint density at radius 3 is 2.87 bits per heavy atom. The summed E-state index contributed by atoms with van der Waals surface area (Å²) >= 11 is 2.97. The fourth-order valence-corrected chi connectivity index (χ4v) is 3.52. The molecule has 1 aliphatic rings. The molecule has 0 saturated heterocycles. The predicted octanol–water partition coefficient (Wildman–Crippen LogP) is 0.872. The third-order valence-electron chi connectivity index (χ3n) is 2.22. The van der Waals surface area contributed by atoms with Gasteiger partial charge in [0.1, 0.15) is 5.82 Å². The van der Waals surface area contributed by atoms with Gasteiger partial charge in [0.15, 0.2) is 0 Å². The summed E-state index contributed by atoms with van der Waals surface area (Å²) in [5, 5.41) is 9.01. The SMILES string of the molecule is O=S1(=O)NCc2c(F)c(Br)cc(CO)c21. The first-order valence-corrected chi connectivity index (χ1v) is 6.35. The molecule has 0 saturated carbocycles. The van der Waals surface area contributed by atoms with Gasteiger partial charge in [0.05, 0.1) is 16.0 Å². The molecule has 0 unspecified atom stereocenters. The molecule has 0 bridgehead atoms. The normalized spacial score (nSPS) is 17.8. The van der Waals surface area contributed by atoms with Crippen LogP contribution in [0.3, 0.4) is 0 Å². The second-order valence-corrected chi connectivity index (χ2v) is 5.68. The number of benzene rings is 1. The molecule has 1 aromatic rings. The van der Waals surface area contributed by atoms with Crippen LogP contribution in [0.2, 0.25) is 0 Å². The average Bonchev–Trinajstić information content (AvgIpc) is 2.49. The van der Waals surface area contributed by atoms with Crippen LogP contribution in [0.1, 0.15) is 11.1 Å². The molecular formula is C8H7BrFNO3S. The molecule has 0 amide bonds. The van der Waals surface area contributed by atoms with Gasteiger partial charge in [0, 0.05) is 12.1 Å². The number of hydrogen-bond acceptors (Lipinski definition) is 3. The van der Waals surface area contributed by atoms with Gasteiger partial charge in [0.25, 0.3) is 0 Å². The van der Waals surface area contributed by atoms with Gasteiger partial charge in [-0.05, 0) is 27.6 Å². The minimum Gasteiger partial charge on any atom is -0.392 e. The highest BCUT2D eigenvalue weighted by atomic mass is 79.9. The monoisotopic (exact) mass is 295 g/mol. The number of halogens is 2. The quantitative estimate of drug-likeness (QED) is 0.808. The van der Waals surface area contributed by atoms with Crippen molar-refractivity contribution in [2.24, 2.45) is 0 Å². The molecule has 0 radical (unpaired) electrons. The molecular weight excluding hydrogens is 289 g/mol. The van der Waals surface area contributed by atoms with Crippen molar-refractivity contribution >= 4 is 26.0 Å². The predicted molar refractivity (Wildman–Crippen MR) is 54.0 cm³/mol. The summed E-state index contributed by atoms with van der Waals surface area (Å²) in [7, 11) is -3.66. The van der Waals surface area contributed by atoms with E-state index in [4.69, 9.17) is 5.11 Å². The second kappa shape index (κ2) is 3.51. The van der Waals surface area contributed by atoms with Gasteiger partial charge in [-0.1, -0.05) is 0 Å². The van der Waals surface area contributed by atoms with E-state index in [1.165, 1.54) is 6.07 Å². The van der Waals surface area contributed by atoms with Gasteiger partial charge in [0.2, 0.25) is 10.0 Å². The van der Waals surface area contributed by atoms with Gasteiger partial charge in [-0.15, -0.1) is 0 Å². The maximum Gasteiger partial charge on any atom is 0.241 e. The van der Waals surface area contributed by atoms with Crippen LogP contribution in [-0.2, 0) is 23.2 Å². The molecule has 0 spiro atoms. The third-order valence-corrected chi connectivity index (χ3v) is 4.37. The van der Waals surface area contributed by atoms with Gasteiger partial charge >= 0.3 is 0 Å². The van der Waals surface area contributed by atoms with Crippen molar-refractivity contribution in [3.05, 3.63) is 27.5 Å². The fourth-order valence-electron chi connectivity index (χ4n) is 1.57. The summed E-state index contributed by atoms with van der Waals surface area (Å²) in [4.78, 5) is -0.134. The molecule has 0 aromatic heterocycles. The van der Waals surface area contributed by atoms with E-state index < -0.39 is 22.4 Å². The van der Waals surface area contributed by atoms with Crippen molar-refractivity contribution in [3.63, 3.8) is 0 Å². The van der Waals surface area contributed by atoms with Crippen molar-refractivity contribution in [1.82, 2.24) is 4.72 Å². The van der Waals surface area contributed by atoms with Crippen LogP contribution in [0.25, 0.3) is 0 Å². The molecule has 2 N–H and O–H groups in total. The fraction of sp³-hybridized carbons (Fsp3) is 0.250.